The smallest absolute Gasteiger partial charge is 0.166 e. The molecule has 0 saturated heterocycles. The van der Waals surface area contributed by atoms with Crippen LogP contribution in [0.4, 0.5) is 5.69 Å². The number of aliphatic hydroxyl groups excluding tert-OH is 1. The van der Waals surface area contributed by atoms with Gasteiger partial charge in [-0.3, -0.25) is 0 Å². The van der Waals surface area contributed by atoms with Crippen molar-refractivity contribution in [1.82, 2.24) is 4.90 Å². The maximum Gasteiger partial charge on any atom is 0.166 e. The fourth-order valence-electron chi connectivity index (χ4n) is 4.52. The molecule has 1 spiro atoms. The highest BCUT2D eigenvalue weighted by molar-refractivity contribution is 5.71. The third-order valence-corrected chi connectivity index (χ3v) is 5.74. The van der Waals surface area contributed by atoms with Crippen molar-refractivity contribution in [1.29, 1.82) is 0 Å². The Labute approximate surface area is 143 Å². The molecular formula is C19H26N2O3. The summed E-state index contributed by atoms with van der Waals surface area (Å²) in [5.74, 6) is 1.66. The maximum atomic E-state index is 10.1. The van der Waals surface area contributed by atoms with Crippen molar-refractivity contribution in [2.75, 3.05) is 39.7 Å². The third kappa shape index (κ3) is 2.07. The van der Waals surface area contributed by atoms with Crippen LogP contribution in [-0.4, -0.2) is 57.0 Å². The number of methoxy groups -OCH3 is 1. The fourth-order valence-corrected chi connectivity index (χ4v) is 4.52. The highest BCUT2D eigenvalue weighted by Crippen LogP contribution is 2.57. The Bertz CT molecular complexity index is 700. The van der Waals surface area contributed by atoms with Crippen molar-refractivity contribution in [3.8, 4) is 11.5 Å². The minimum atomic E-state index is -0.432. The summed E-state index contributed by atoms with van der Waals surface area (Å²) in [4.78, 5) is 4.53. The minimum absolute atomic E-state index is 0.0240. The number of aliphatic hydroxyl groups is 1. The van der Waals surface area contributed by atoms with Gasteiger partial charge < -0.3 is 24.4 Å². The van der Waals surface area contributed by atoms with Gasteiger partial charge in [0.15, 0.2) is 11.5 Å². The molecule has 24 heavy (non-hydrogen) atoms. The van der Waals surface area contributed by atoms with Crippen LogP contribution in [0.5, 0.6) is 11.5 Å². The minimum Gasteiger partial charge on any atom is -0.493 e. The molecule has 1 aromatic rings. The Morgan fingerprint density at radius 3 is 2.92 bits per heavy atom. The van der Waals surface area contributed by atoms with E-state index in [-0.39, 0.29) is 11.5 Å². The van der Waals surface area contributed by atoms with Gasteiger partial charge in [-0.1, -0.05) is 12.2 Å². The molecule has 1 aliphatic carbocycles. The molecule has 130 valence electrons. The van der Waals surface area contributed by atoms with Crippen molar-refractivity contribution in [2.45, 2.75) is 37.0 Å². The summed E-state index contributed by atoms with van der Waals surface area (Å²) < 4.78 is 12.0. The van der Waals surface area contributed by atoms with Crippen LogP contribution in [-0.2, 0) is 12.0 Å². The lowest BCUT2D eigenvalue weighted by atomic mass is 9.69. The van der Waals surface area contributed by atoms with E-state index in [0.717, 1.165) is 31.0 Å². The number of ether oxygens (including phenoxy) is 2. The van der Waals surface area contributed by atoms with E-state index in [1.807, 2.05) is 6.08 Å². The van der Waals surface area contributed by atoms with E-state index in [0.29, 0.717) is 6.42 Å². The van der Waals surface area contributed by atoms with Gasteiger partial charge >= 0.3 is 0 Å². The first-order valence-corrected chi connectivity index (χ1v) is 8.60. The second-order valence-corrected chi connectivity index (χ2v) is 7.47. The van der Waals surface area contributed by atoms with Gasteiger partial charge in [0.05, 0.1) is 18.6 Å². The van der Waals surface area contributed by atoms with Crippen molar-refractivity contribution in [3.63, 3.8) is 0 Å². The van der Waals surface area contributed by atoms with E-state index < -0.39 is 6.10 Å². The summed E-state index contributed by atoms with van der Waals surface area (Å²) in [6.07, 6.45) is 5.31. The van der Waals surface area contributed by atoms with Gasteiger partial charge in [-0.2, -0.15) is 0 Å². The van der Waals surface area contributed by atoms with Gasteiger partial charge in [0, 0.05) is 44.4 Å². The second-order valence-electron chi connectivity index (χ2n) is 7.47. The molecule has 2 aliphatic heterocycles. The summed E-state index contributed by atoms with van der Waals surface area (Å²) in [5.41, 5.74) is 3.61. The number of nitrogens with zero attached hydrogens (tertiary/aromatic N) is 2. The Kier molecular flexibility index (Phi) is 3.55. The fraction of sp³-hybridized carbons (Fsp3) is 0.579. The first-order chi connectivity index (χ1) is 11.5. The first-order valence-electron chi connectivity index (χ1n) is 8.60. The van der Waals surface area contributed by atoms with Crippen molar-refractivity contribution in [2.24, 2.45) is 0 Å². The molecule has 2 heterocycles. The van der Waals surface area contributed by atoms with Crippen LogP contribution in [0.3, 0.4) is 0 Å². The molecule has 3 aliphatic rings. The van der Waals surface area contributed by atoms with E-state index in [4.69, 9.17) is 9.47 Å². The van der Waals surface area contributed by atoms with Crippen molar-refractivity contribution < 1.29 is 14.6 Å². The Morgan fingerprint density at radius 2 is 2.21 bits per heavy atom. The topological polar surface area (TPSA) is 45.2 Å². The van der Waals surface area contributed by atoms with E-state index in [9.17, 15) is 5.11 Å². The molecule has 1 N–H and O–H groups in total. The van der Waals surface area contributed by atoms with Gasteiger partial charge in [0.25, 0.3) is 0 Å². The highest BCUT2D eigenvalue weighted by atomic mass is 16.5. The van der Waals surface area contributed by atoms with Crippen molar-refractivity contribution >= 4 is 5.69 Å². The summed E-state index contributed by atoms with van der Waals surface area (Å²) >= 11 is 0. The summed E-state index contributed by atoms with van der Waals surface area (Å²) in [7, 11) is 8.01. The Hall–Kier alpha value is -1.72. The third-order valence-electron chi connectivity index (χ3n) is 5.74. The van der Waals surface area contributed by atoms with Crippen LogP contribution in [0.1, 0.15) is 24.0 Å². The molecular weight excluding hydrogens is 304 g/mol. The van der Waals surface area contributed by atoms with E-state index in [1.54, 1.807) is 7.11 Å². The van der Waals surface area contributed by atoms with Crippen LogP contribution in [0.25, 0.3) is 0 Å². The largest absolute Gasteiger partial charge is 0.493 e. The molecule has 0 fully saturated rings. The second kappa shape index (κ2) is 5.39. The predicted molar refractivity (Wildman–Crippen MR) is 94.1 cm³/mol. The van der Waals surface area contributed by atoms with Crippen LogP contribution >= 0.6 is 0 Å². The molecule has 1 aromatic carbocycles. The number of anilines is 1. The molecule has 5 heteroatoms. The molecule has 0 bridgehead atoms. The zero-order chi connectivity index (χ0) is 17.1. The van der Waals surface area contributed by atoms with Crippen molar-refractivity contribution in [3.05, 3.63) is 29.3 Å². The lowest BCUT2D eigenvalue weighted by Gasteiger charge is -2.36. The van der Waals surface area contributed by atoms with Gasteiger partial charge in [0.1, 0.15) is 6.10 Å². The Balaban J connectivity index is 2.02. The number of hydrogen-bond donors (Lipinski definition) is 1. The van der Waals surface area contributed by atoms with E-state index >= 15 is 0 Å². The predicted octanol–water partition coefficient (Wildman–Crippen LogP) is 1.92. The molecule has 3 atom stereocenters. The molecule has 0 amide bonds. The van der Waals surface area contributed by atoms with Crippen LogP contribution in [0, 0.1) is 0 Å². The molecule has 5 nitrogen and oxygen atoms in total. The van der Waals surface area contributed by atoms with Gasteiger partial charge in [-0.05, 0) is 25.6 Å². The summed E-state index contributed by atoms with van der Waals surface area (Å²) in [6, 6.07) is 2.08. The average Bonchev–Trinajstić information content (AvgIpc) is 2.79. The quantitative estimate of drug-likeness (QED) is 0.840. The average molecular weight is 330 g/mol. The monoisotopic (exact) mass is 330 g/mol. The van der Waals surface area contributed by atoms with E-state index in [2.05, 4.69) is 43.1 Å². The zero-order valence-corrected chi connectivity index (χ0v) is 14.9. The molecule has 0 aromatic heterocycles. The lowest BCUT2D eigenvalue weighted by molar-refractivity contribution is 0.0822. The normalized spacial score (nSPS) is 31.0. The zero-order valence-electron chi connectivity index (χ0n) is 14.9. The number of benzene rings is 1. The standard InChI is InChI=1S/C19H26N2O3/c1-20(2)14-10-15(23-4)18-17-13(14)11-21(3)8-7-19(17)6-5-12(22)9-16(19)24-18/h5-6,10,12,16,22H,7-9,11H2,1-4H3/t12-,16-,19?/m1/s1. The van der Waals surface area contributed by atoms with Crippen LogP contribution < -0.4 is 14.4 Å². The molecule has 4 rings (SSSR count). The van der Waals surface area contributed by atoms with Gasteiger partial charge in [-0.25, -0.2) is 0 Å². The van der Waals surface area contributed by atoms with Crippen LogP contribution in [0.15, 0.2) is 18.2 Å². The van der Waals surface area contributed by atoms with Gasteiger partial charge in [0.2, 0.25) is 0 Å². The number of rotatable bonds is 2. The summed E-state index contributed by atoms with van der Waals surface area (Å²) in [5, 5.41) is 10.1. The maximum absolute atomic E-state index is 10.1. The van der Waals surface area contributed by atoms with E-state index in [1.165, 1.54) is 16.8 Å². The number of hydrogen-bond acceptors (Lipinski definition) is 5. The Morgan fingerprint density at radius 1 is 1.42 bits per heavy atom. The molecule has 0 saturated carbocycles. The van der Waals surface area contributed by atoms with Gasteiger partial charge in [-0.15, -0.1) is 0 Å². The van der Waals surface area contributed by atoms with Crippen LogP contribution in [0.2, 0.25) is 0 Å². The molecule has 1 unspecified atom stereocenters. The summed E-state index contributed by atoms with van der Waals surface area (Å²) in [6.45, 7) is 1.90. The molecule has 0 radical (unpaired) electrons. The lowest BCUT2D eigenvalue weighted by Crippen LogP contribution is -2.42. The highest BCUT2D eigenvalue weighted by Gasteiger charge is 2.53. The SMILES string of the molecule is COc1cc(N(C)C)c2c3c1O[C@@H]1C[C@H](O)C=CC31CCN(C)C2. The first kappa shape index (κ1) is 15.8.